The zero-order valence-corrected chi connectivity index (χ0v) is 13.2. The number of hydrogen-bond donors (Lipinski definition) is 0. The van der Waals surface area contributed by atoms with Crippen molar-refractivity contribution in [1.29, 1.82) is 0 Å². The second-order valence-electron chi connectivity index (χ2n) is 5.50. The standard InChI is InChI=1S/C12H23ClN2O3S/c1-10-8-14(9-11(2)18-10)19(16,17)15-6-4-3-5-12(15)7-13/h10-12H,3-9H2,1-2H3. The summed E-state index contributed by atoms with van der Waals surface area (Å²) in [5.41, 5.74) is 0. The molecule has 2 saturated heterocycles. The van der Waals surface area contributed by atoms with Gasteiger partial charge in [-0.25, -0.2) is 0 Å². The first-order chi connectivity index (χ1) is 8.95. The van der Waals surface area contributed by atoms with E-state index < -0.39 is 10.2 Å². The number of hydrogen-bond acceptors (Lipinski definition) is 3. The van der Waals surface area contributed by atoms with E-state index in [1.54, 1.807) is 8.61 Å². The first-order valence-corrected chi connectivity index (χ1v) is 8.86. The van der Waals surface area contributed by atoms with Crippen molar-refractivity contribution in [1.82, 2.24) is 8.61 Å². The van der Waals surface area contributed by atoms with Crippen LogP contribution in [0.2, 0.25) is 0 Å². The van der Waals surface area contributed by atoms with Gasteiger partial charge in [0, 0.05) is 31.6 Å². The molecule has 2 aliphatic rings. The quantitative estimate of drug-likeness (QED) is 0.741. The highest BCUT2D eigenvalue weighted by Crippen LogP contribution is 2.25. The van der Waals surface area contributed by atoms with E-state index in [-0.39, 0.29) is 18.2 Å². The molecule has 7 heteroatoms. The maximum absolute atomic E-state index is 12.7. The molecule has 112 valence electrons. The number of alkyl halides is 1. The van der Waals surface area contributed by atoms with Crippen LogP contribution < -0.4 is 0 Å². The lowest BCUT2D eigenvalue weighted by molar-refractivity contribution is -0.0459. The van der Waals surface area contributed by atoms with Crippen LogP contribution in [0.3, 0.4) is 0 Å². The van der Waals surface area contributed by atoms with Crippen molar-refractivity contribution < 1.29 is 13.2 Å². The second kappa shape index (κ2) is 6.26. The van der Waals surface area contributed by atoms with Crippen molar-refractivity contribution in [3.63, 3.8) is 0 Å². The fourth-order valence-corrected chi connectivity index (χ4v) is 5.31. The molecule has 2 rings (SSSR count). The van der Waals surface area contributed by atoms with Gasteiger partial charge in [-0.15, -0.1) is 11.6 Å². The van der Waals surface area contributed by atoms with Crippen molar-refractivity contribution in [3.8, 4) is 0 Å². The first-order valence-electron chi connectivity index (χ1n) is 6.93. The van der Waals surface area contributed by atoms with Gasteiger partial charge in [0.25, 0.3) is 10.2 Å². The van der Waals surface area contributed by atoms with Gasteiger partial charge in [-0.1, -0.05) is 6.42 Å². The van der Waals surface area contributed by atoms with Gasteiger partial charge in [0.05, 0.1) is 12.2 Å². The third-order valence-electron chi connectivity index (χ3n) is 3.76. The molecule has 0 bridgehead atoms. The van der Waals surface area contributed by atoms with E-state index in [0.29, 0.717) is 25.5 Å². The molecule has 0 aromatic carbocycles. The molecule has 0 spiro atoms. The first kappa shape index (κ1) is 15.5. The summed E-state index contributed by atoms with van der Waals surface area (Å²) in [5.74, 6) is 0.370. The smallest absolute Gasteiger partial charge is 0.282 e. The van der Waals surface area contributed by atoms with Gasteiger partial charge in [-0.05, 0) is 26.7 Å². The van der Waals surface area contributed by atoms with E-state index in [2.05, 4.69) is 0 Å². The Morgan fingerprint density at radius 3 is 2.42 bits per heavy atom. The fourth-order valence-electron chi connectivity index (χ4n) is 2.90. The third-order valence-corrected chi connectivity index (χ3v) is 6.14. The highest BCUT2D eigenvalue weighted by molar-refractivity contribution is 7.86. The van der Waals surface area contributed by atoms with Crippen LogP contribution in [0, 0.1) is 0 Å². The van der Waals surface area contributed by atoms with Crippen molar-refractivity contribution >= 4 is 21.8 Å². The van der Waals surface area contributed by atoms with Gasteiger partial charge >= 0.3 is 0 Å². The number of morpholine rings is 1. The lowest BCUT2D eigenvalue weighted by atomic mass is 10.1. The van der Waals surface area contributed by atoms with Crippen LogP contribution in [-0.4, -0.2) is 60.8 Å². The normalized spacial score (nSPS) is 35.4. The molecule has 0 aliphatic carbocycles. The lowest BCUT2D eigenvalue weighted by Crippen LogP contribution is -2.56. The van der Waals surface area contributed by atoms with E-state index in [1.807, 2.05) is 13.8 Å². The minimum Gasteiger partial charge on any atom is -0.373 e. The Bertz CT molecular complexity index is 394. The highest BCUT2D eigenvalue weighted by Gasteiger charge is 2.39. The van der Waals surface area contributed by atoms with Crippen molar-refractivity contribution in [2.75, 3.05) is 25.5 Å². The minimum atomic E-state index is -3.41. The van der Waals surface area contributed by atoms with Gasteiger partial charge in [-0.3, -0.25) is 0 Å². The molecule has 2 aliphatic heterocycles. The van der Waals surface area contributed by atoms with Crippen LogP contribution in [0.15, 0.2) is 0 Å². The molecule has 0 aromatic rings. The van der Waals surface area contributed by atoms with Gasteiger partial charge < -0.3 is 4.74 Å². The average Bonchev–Trinajstić information content (AvgIpc) is 2.37. The minimum absolute atomic E-state index is 0.0576. The van der Waals surface area contributed by atoms with E-state index in [9.17, 15) is 8.42 Å². The zero-order chi connectivity index (χ0) is 14.0. The Hall–Kier alpha value is 0.120. The SMILES string of the molecule is CC1CN(S(=O)(=O)N2CCCCC2CCl)CC(C)O1. The molecular weight excluding hydrogens is 288 g/mol. The summed E-state index contributed by atoms with van der Waals surface area (Å²) in [5, 5.41) is 0. The van der Waals surface area contributed by atoms with Crippen molar-refractivity contribution in [2.45, 2.75) is 51.4 Å². The maximum Gasteiger partial charge on any atom is 0.282 e. The van der Waals surface area contributed by atoms with Crippen LogP contribution in [-0.2, 0) is 14.9 Å². The Balaban J connectivity index is 2.16. The summed E-state index contributed by atoms with van der Waals surface area (Å²) in [6, 6.07) is -0.0612. The predicted octanol–water partition coefficient (Wildman–Crippen LogP) is 1.43. The molecule has 0 amide bonds. The fraction of sp³-hybridized carbons (Fsp3) is 1.00. The maximum atomic E-state index is 12.7. The zero-order valence-electron chi connectivity index (χ0n) is 11.6. The lowest BCUT2D eigenvalue weighted by Gasteiger charge is -2.41. The molecule has 5 nitrogen and oxygen atoms in total. The molecule has 0 saturated carbocycles. The Kier molecular flexibility index (Phi) is 5.11. The Labute approximate surface area is 121 Å². The van der Waals surface area contributed by atoms with E-state index in [4.69, 9.17) is 16.3 Å². The molecular formula is C12H23ClN2O3S. The number of ether oxygens (including phenoxy) is 1. The van der Waals surface area contributed by atoms with Crippen LogP contribution in [0.1, 0.15) is 33.1 Å². The third kappa shape index (κ3) is 3.42. The molecule has 3 atom stereocenters. The summed E-state index contributed by atoms with van der Waals surface area (Å²) in [7, 11) is -3.41. The molecule has 2 fully saturated rings. The number of rotatable bonds is 3. The van der Waals surface area contributed by atoms with Gasteiger partial charge in [0.2, 0.25) is 0 Å². The Morgan fingerprint density at radius 1 is 1.21 bits per heavy atom. The summed E-state index contributed by atoms with van der Waals surface area (Å²) >= 11 is 5.93. The molecule has 2 heterocycles. The van der Waals surface area contributed by atoms with Gasteiger partial charge in [0.15, 0.2) is 0 Å². The van der Waals surface area contributed by atoms with Crippen LogP contribution in [0.4, 0.5) is 0 Å². The molecule has 3 unspecified atom stereocenters. The van der Waals surface area contributed by atoms with Gasteiger partial charge in [-0.2, -0.15) is 17.0 Å². The highest BCUT2D eigenvalue weighted by atomic mass is 35.5. The van der Waals surface area contributed by atoms with Crippen molar-refractivity contribution in [3.05, 3.63) is 0 Å². The largest absolute Gasteiger partial charge is 0.373 e. The number of halogens is 1. The molecule has 0 radical (unpaired) electrons. The predicted molar refractivity (Wildman–Crippen MR) is 75.6 cm³/mol. The van der Waals surface area contributed by atoms with Crippen LogP contribution >= 0.6 is 11.6 Å². The summed E-state index contributed by atoms with van der Waals surface area (Å²) in [4.78, 5) is 0. The monoisotopic (exact) mass is 310 g/mol. The van der Waals surface area contributed by atoms with Crippen LogP contribution in [0.25, 0.3) is 0 Å². The Morgan fingerprint density at radius 2 is 1.84 bits per heavy atom. The summed E-state index contributed by atoms with van der Waals surface area (Å²) in [6.45, 7) is 5.26. The average molecular weight is 311 g/mol. The van der Waals surface area contributed by atoms with Crippen molar-refractivity contribution in [2.24, 2.45) is 0 Å². The van der Waals surface area contributed by atoms with E-state index >= 15 is 0 Å². The molecule has 0 N–H and O–H groups in total. The van der Waals surface area contributed by atoms with Gasteiger partial charge in [0.1, 0.15) is 0 Å². The second-order valence-corrected chi connectivity index (χ2v) is 7.69. The molecule has 19 heavy (non-hydrogen) atoms. The number of nitrogens with zero attached hydrogens (tertiary/aromatic N) is 2. The number of piperidine rings is 1. The van der Waals surface area contributed by atoms with E-state index in [1.165, 1.54) is 0 Å². The van der Waals surface area contributed by atoms with Crippen LogP contribution in [0.5, 0.6) is 0 Å². The molecule has 0 aromatic heterocycles. The van der Waals surface area contributed by atoms with E-state index in [0.717, 1.165) is 19.3 Å². The topological polar surface area (TPSA) is 49.9 Å². The summed E-state index contributed by atoms with van der Waals surface area (Å²) in [6.07, 6.45) is 2.72. The summed E-state index contributed by atoms with van der Waals surface area (Å²) < 4.78 is 34.2.